The van der Waals surface area contributed by atoms with E-state index in [0.29, 0.717) is 12.5 Å². The highest BCUT2D eigenvalue weighted by Crippen LogP contribution is 2.49. The molecular weight excluding hydrogens is 317 g/mol. The summed E-state index contributed by atoms with van der Waals surface area (Å²) in [7, 11) is -0.247. The highest BCUT2D eigenvalue weighted by Gasteiger charge is 2.59. The van der Waals surface area contributed by atoms with Crippen LogP contribution in [0.3, 0.4) is 0 Å². The average molecular weight is 351 g/mol. The van der Waals surface area contributed by atoms with Crippen LogP contribution in [0.15, 0.2) is 0 Å². The number of nitrogens with zero attached hydrogens (tertiary/aromatic N) is 1. The molecule has 0 radical (unpaired) electrons. The molecule has 0 aromatic heterocycles. The number of carbonyl (C=O) groups is 1. The van der Waals surface area contributed by atoms with Gasteiger partial charge in [0.05, 0.1) is 11.2 Å². The third-order valence-electron chi connectivity index (χ3n) is 6.39. The number of hydrogen-bond acceptors (Lipinski definition) is 4. The molecule has 3 unspecified atom stereocenters. The van der Waals surface area contributed by atoms with Crippen LogP contribution < -0.4 is 0 Å². The minimum atomic E-state index is -0.469. The maximum Gasteiger partial charge on any atom is 0.463 e. The van der Waals surface area contributed by atoms with Crippen molar-refractivity contribution in [3.63, 3.8) is 0 Å². The molecule has 2 heterocycles. The van der Waals surface area contributed by atoms with E-state index in [1.165, 1.54) is 12.8 Å². The SMILES string of the molecule is CC(C)(C)OC(=O)N1CC(B2OC(C)(C)C(C)(C)O2)C2CCCCC21. The van der Waals surface area contributed by atoms with Crippen molar-refractivity contribution in [3.8, 4) is 0 Å². The van der Waals surface area contributed by atoms with Crippen molar-refractivity contribution >= 4 is 13.2 Å². The van der Waals surface area contributed by atoms with Gasteiger partial charge in [0, 0.05) is 18.4 Å². The summed E-state index contributed by atoms with van der Waals surface area (Å²) >= 11 is 0. The van der Waals surface area contributed by atoms with Crippen molar-refractivity contribution in [2.75, 3.05) is 6.54 Å². The van der Waals surface area contributed by atoms with Crippen LogP contribution in [0.5, 0.6) is 0 Å². The fourth-order valence-corrected chi connectivity index (χ4v) is 4.41. The van der Waals surface area contributed by atoms with Crippen molar-refractivity contribution in [3.05, 3.63) is 0 Å². The lowest BCUT2D eigenvalue weighted by atomic mass is 9.62. The topological polar surface area (TPSA) is 48.0 Å². The van der Waals surface area contributed by atoms with Gasteiger partial charge in [0.25, 0.3) is 0 Å². The first kappa shape index (κ1) is 19.0. The first-order valence-corrected chi connectivity index (χ1v) is 9.76. The Hall–Kier alpha value is -0.745. The summed E-state index contributed by atoms with van der Waals surface area (Å²) in [4.78, 5) is 14.7. The molecule has 0 aromatic rings. The molecule has 2 aliphatic heterocycles. The minimum Gasteiger partial charge on any atom is -0.444 e. The average Bonchev–Trinajstić information content (AvgIpc) is 2.92. The van der Waals surface area contributed by atoms with Gasteiger partial charge in [-0.3, -0.25) is 0 Å². The summed E-state index contributed by atoms with van der Waals surface area (Å²) in [6.45, 7) is 14.8. The van der Waals surface area contributed by atoms with Crippen LogP contribution in [-0.4, -0.2) is 47.5 Å². The van der Waals surface area contributed by atoms with Crippen molar-refractivity contribution in [1.82, 2.24) is 4.90 Å². The normalized spacial score (nSPS) is 34.1. The second kappa shape index (κ2) is 6.16. The fraction of sp³-hybridized carbons (Fsp3) is 0.947. The molecular formula is C19H34BNO4. The number of ether oxygens (including phenoxy) is 1. The molecule has 1 aliphatic carbocycles. The summed E-state index contributed by atoms with van der Waals surface area (Å²) in [5, 5.41) is 0. The van der Waals surface area contributed by atoms with E-state index in [4.69, 9.17) is 14.0 Å². The largest absolute Gasteiger partial charge is 0.463 e. The molecule has 25 heavy (non-hydrogen) atoms. The molecule has 6 heteroatoms. The molecule has 2 saturated heterocycles. The van der Waals surface area contributed by atoms with Crippen LogP contribution in [0.25, 0.3) is 0 Å². The Balaban J connectivity index is 1.78. The second-order valence-electron chi connectivity index (χ2n) is 9.94. The molecule has 3 rings (SSSR count). The molecule has 1 saturated carbocycles. The number of fused-ring (bicyclic) bond motifs is 1. The predicted molar refractivity (Wildman–Crippen MR) is 98.5 cm³/mol. The van der Waals surface area contributed by atoms with E-state index < -0.39 is 5.60 Å². The zero-order valence-electron chi connectivity index (χ0n) is 16.9. The summed E-state index contributed by atoms with van der Waals surface area (Å²) in [5.41, 5.74) is -1.13. The predicted octanol–water partition coefficient (Wildman–Crippen LogP) is 4.26. The highest BCUT2D eigenvalue weighted by molar-refractivity contribution is 6.47. The first-order chi connectivity index (χ1) is 11.4. The first-order valence-electron chi connectivity index (χ1n) is 9.76. The monoisotopic (exact) mass is 351 g/mol. The van der Waals surface area contributed by atoms with Gasteiger partial charge >= 0.3 is 13.2 Å². The maximum atomic E-state index is 12.8. The summed E-state index contributed by atoms with van der Waals surface area (Å²) in [5.74, 6) is 0.662. The van der Waals surface area contributed by atoms with Gasteiger partial charge in [-0.2, -0.15) is 0 Å². The van der Waals surface area contributed by atoms with Gasteiger partial charge in [-0.25, -0.2) is 4.79 Å². The van der Waals surface area contributed by atoms with Crippen molar-refractivity contribution in [2.24, 2.45) is 5.92 Å². The van der Waals surface area contributed by atoms with Gasteiger partial charge < -0.3 is 18.9 Å². The molecule has 0 bridgehead atoms. The number of amides is 1. The highest BCUT2D eigenvalue weighted by atomic mass is 16.7. The Morgan fingerprint density at radius 2 is 1.64 bits per heavy atom. The Labute approximate surface area is 152 Å². The number of rotatable bonds is 1. The Bertz CT molecular complexity index is 512. The van der Waals surface area contributed by atoms with Crippen molar-refractivity contribution < 1.29 is 18.8 Å². The second-order valence-corrected chi connectivity index (χ2v) is 9.94. The maximum absolute atomic E-state index is 12.8. The zero-order valence-corrected chi connectivity index (χ0v) is 16.9. The molecule has 1 amide bonds. The van der Waals surface area contributed by atoms with Crippen LogP contribution >= 0.6 is 0 Å². The Morgan fingerprint density at radius 1 is 1.08 bits per heavy atom. The molecule has 3 aliphatic rings. The van der Waals surface area contributed by atoms with Crippen LogP contribution in [-0.2, 0) is 14.0 Å². The van der Waals surface area contributed by atoms with E-state index in [1.807, 2.05) is 25.7 Å². The van der Waals surface area contributed by atoms with Gasteiger partial charge in [0.15, 0.2) is 0 Å². The van der Waals surface area contributed by atoms with Gasteiger partial charge in [0.2, 0.25) is 0 Å². The molecule has 0 spiro atoms. The van der Waals surface area contributed by atoms with Crippen LogP contribution in [0.4, 0.5) is 4.79 Å². The number of hydrogen-bond donors (Lipinski definition) is 0. The van der Waals surface area contributed by atoms with Gasteiger partial charge in [-0.1, -0.05) is 12.8 Å². The number of likely N-dealkylation sites (tertiary alicyclic amines) is 1. The van der Waals surface area contributed by atoms with E-state index in [2.05, 4.69) is 27.7 Å². The molecule has 3 atom stereocenters. The molecule has 5 nitrogen and oxygen atoms in total. The smallest absolute Gasteiger partial charge is 0.444 e. The van der Waals surface area contributed by atoms with Crippen molar-refractivity contribution in [1.29, 1.82) is 0 Å². The van der Waals surface area contributed by atoms with E-state index in [-0.39, 0.29) is 36.3 Å². The van der Waals surface area contributed by atoms with E-state index in [0.717, 1.165) is 12.8 Å². The standard InChI is InChI=1S/C19H34BNO4/c1-17(2,3)23-16(22)21-12-14(13-10-8-9-11-15(13)21)20-24-18(4,5)19(6,7)25-20/h13-15H,8-12H2,1-7H3. The summed E-state index contributed by atoms with van der Waals surface area (Å²) in [6.07, 6.45) is 4.40. The van der Waals surface area contributed by atoms with E-state index in [1.54, 1.807) is 0 Å². The van der Waals surface area contributed by atoms with Crippen LogP contribution in [0.2, 0.25) is 5.82 Å². The minimum absolute atomic E-state index is 0.191. The van der Waals surface area contributed by atoms with Gasteiger partial charge in [-0.15, -0.1) is 0 Å². The lowest BCUT2D eigenvalue weighted by molar-refractivity contribution is 0.00578. The third-order valence-corrected chi connectivity index (χ3v) is 6.39. The third kappa shape index (κ3) is 3.57. The summed E-state index contributed by atoms with van der Waals surface area (Å²) in [6, 6.07) is 0.257. The molecule has 142 valence electrons. The molecule has 0 aromatic carbocycles. The zero-order chi connectivity index (χ0) is 18.6. The quantitative estimate of drug-likeness (QED) is 0.663. The van der Waals surface area contributed by atoms with E-state index in [9.17, 15) is 4.79 Å². The molecule has 3 fully saturated rings. The number of carbonyl (C=O) groups excluding carboxylic acids is 1. The molecule has 0 N–H and O–H groups in total. The van der Waals surface area contributed by atoms with E-state index >= 15 is 0 Å². The Kier molecular flexibility index (Phi) is 4.69. The van der Waals surface area contributed by atoms with Gasteiger partial charge in [0.1, 0.15) is 5.60 Å². The van der Waals surface area contributed by atoms with Crippen LogP contribution in [0.1, 0.15) is 74.1 Å². The lowest BCUT2D eigenvalue weighted by Gasteiger charge is -2.33. The fourth-order valence-electron chi connectivity index (χ4n) is 4.41. The summed E-state index contributed by atoms with van der Waals surface area (Å²) < 4.78 is 18.3. The lowest BCUT2D eigenvalue weighted by Crippen LogP contribution is -2.42. The van der Waals surface area contributed by atoms with Crippen LogP contribution in [0, 0.1) is 5.92 Å². The van der Waals surface area contributed by atoms with Crippen molar-refractivity contribution in [2.45, 2.75) is 103 Å². The Morgan fingerprint density at radius 3 is 2.20 bits per heavy atom. The van der Waals surface area contributed by atoms with Gasteiger partial charge in [-0.05, 0) is 67.2 Å².